The van der Waals surface area contributed by atoms with E-state index in [1.165, 1.54) is 7.11 Å². The summed E-state index contributed by atoms with van der Waals surface area (Å²) in [6, 6.07) is 1.46. The van der Waals surface area contributed by atoms with Gasteiger partial charge in [-0.3, -0.25) is 10.1 Å². The Morgan fingerprint density at radius 1 is 1.37 bits per heavy atom. The van der Waals surface area contributed by atoms with Crippen molar-refractivity contribution in [3.63, 3.8) is 0 Å². The standard InChI is InChI=1S/C28H28BN2O9S/c1-5-6-36-20-12(2)21-23(38-11-37-21)18-15-10-28(19(18)20)24(26(34)39-28)31(15)25(33)14-9-27(3,30-14)13-7-16(32)22(35-4)17(8-13)40-41-29/h5,7-8,14-15,24,29-30,32H,1,6,9-11H2,2-4H3/t14-,15-,24+,27?,28-/m0/s1/i29T. The van der Waals surface area contributed by atoms with Crippen LogP contribution in [0.2, 0.25) is 0 Å². The van der Waals surface area contributed by atoms with Gasteiger partial charge in [0.1, 0.15) is 12.4 Å². The van der Waals surface area contributed by atoms with Crippen molar-refractivity contribution in [2.24, 2.45) is 0 Å². The molecule has 213 valence electrons. The Morgan fingerprint density at radius 2 is 2.15 bits per heavy atom. The Bertz CT molecular complexity index is 1550. The second kappa shape index (κ2) is 8.90. The van der Waals surface area contributed by atoms with Crippen LogP contribution >= 0.6 is 11.9 Å². The van der Waals surface area contributed by atoms with Crippen molar-refractivity contribution >= 4 is 30.9 Å². The summed E-state index contributed by atoms with van der Waals surface area (Å²) < 4.78 is 41.7. The Balaban J connectivity index is 1.20. The first kappa shape index (κ1) is 25.0. The average molecular weight is 581 g/mol. The van der Waals surface area contributed by atoms with Crippen LogP contribution in [0.15, 0.2) is 24.8 Å². The molecule has 2 aromatic carbocycles. The zero-order valence-corrected chi connectivity index (χ0v) is 23.5. The molecule has 2 N–H and O–H groups in total. The van der Waals surface area contributed by atoms with E-state index in [1.54, 1.807) is 23.1 Å². The molecule has 1 aliphatic carbocycles. The highest BCUT2D eigenvalue weighted by Crippen LogP contribution is 2.69. The van der Waals surface area contributed by atoms with Gasteiger partial charge < -0.3 is 37.9 Å². The number of aromatic hydroxyl groups is 1. The molecule has 4 aliphatic heterocycles. The SMILES string of the molecule is [3H][B]SOc1cc(C2(C)C[C@@H](C(=O)N3[C@H]4C[C@]5(OC(=O)[C@@H]35)c3c(OCC=C)c(C)c5c(c34)OCO5)N2)cc(O)c1OC. The van der Waals surface area contributed by atoms with Gasteiger partial charge in [-0.2, -0.15) is 0 Å². The van der Waals surface area contributed by atoms with E-state index in [1.807, 2.05) is 13.8 Å². The topological polar surface area (TPSA) is 125 Å². The molecule has 2 bridgehead atoms. The van der Waals surface area contributed by atoms with E-state index in [9.17, 15) is 14.7 Å². The highest BCUT2D eigenvalue weighted by molar-refractivity contribution is 8.16. The number of esters is 1. The third kappa shape index (κ3) is 3.33. The number of rotatable bonds is 9. The number of amides is 1. The number of carbonyl (C=O) groups is 2. The number of nitrogens with one attached hydrogen (secondary N) is 1. The lowest BCUT2D eigenvalue weighted by molar-refractivity contribution is -0.209. The molecule has 0 aromatic heterocycles. The fraction of sp³-hybridized carbons (Fsp3) is 0.429. The van der Waals surface area contributed by atoms with Crippen molar-refractivity contribution in [3.05, 3.63) is 47.0 Å². The summed E-state index contributed by atoms with van der Waals surface area (Å²) in [5.41, 5.74) is 1.26. The zero-order valence-electron chi connectivity index (χ0n) is 23.6. The fourth-order valence-electron chi connectivity index (χ4n) is 7.16. The first-order chi connectivity index (χ1) is 20.2. The van der Waals surface area contributed by atoms with Crippen molar-refractivity contribution in [2.75, 3.05) is 20.5 Å². The number of methoxy groups -OCH3 is 1. The second-order valence-electron chi connectivity index (χ2n) is 11.0. The van der Waals surface area contributed by atoms with Crippen LogP contribution in [0, 0.1) is 6.92 Å². The first-order valence-electron chi connectivity index (χ1n) is 13.7. The smallest absolute Gasteiger partial charge is 0.334 e. The number of hydrogen-bond acceptors (Lipinski definition) is 11. The Kier molecular flexibility index (Phi) is 5.43. The van der Waals surface area contributed by atoms with Crippen molar-refractivity contribution in [3.8, 4) is 34.5 Å². The largest absolute Gasteiger partial charge is 0.504 e. The van der Waals surface area contributed by atoms with E-state index >= 15 is 0 Å². The van der Waals surface area contributed by atoms with Crippen molar-refractivity contribution in [1.29, 1.82) is 1.34 Å². The summed E-state index contributed by atoms with van der Waals surface area (Å²) in [7, 11) is 2.43. The van der Waals surface area contributed by atoms with Gasteiger partial charge in [0.25, 0.3) is 0 Å². The molecular weight excluding hydrogens is 551 g/mol. The Morgan fingerprint density at radius 3 is 2.85 bits per heavy atom. The summed E-state index contributed by atoms with van der Waals surface area (Å²) in [6.07, 6.45) is 2.46. The summed E-state index contributed by atoms with van der Waals surface area (Å²) in [5, 5.41) is 13.9. The van der Waals surface area contributed by atoms with Crippen LogP contribution in [0.5, 0.6) is 34.5 Å². The molecule has 1 spiro atoms. The number of carbonyl (C=O) groups excluding carboxylic acids is 2. The average Bonchev–Trinajstić information content (AvgIpc) is 3.63. The number of hydrogen-bond donors (Lipinski definition) is 2. The molecule has 2 aromatic rings. The minimum Gasteiger partial charge on any atom is -0.504 e. The number of likely N-dealkylation sites (tertiary alicyclic amines) is 1. The van der Waals surface area contributed by atoms with Gasteiger partial charge in [-0.25, -0.2) is 4.79 Å². The molecule has 5 atom stereocenters. The summed E-state index contributed by atoms with van der Waals surface area (Å²) in [6.45, 7) is 7.85. The second-order valence-corrected chi connectivity index (χ2v) is 11.4. The third-order valence-corrected chi connectivity index (χ3v) is 9.14. The quantitative estimate of drug-likeness (QED) is 0.197. The maximum atomic E-state index is 14.1. The molecule has 11 nitrogen and oxygen atoms in total. The first-order valence-corrected chi connectivity index (χ1v) is 14.0. The molecule has 3 fully saturated rings. The molecule has 4 heterocycles. The molecule has 5 aliphatic rings. The minimum absolute atomic E-state index is 0.0473. The summed E-state index contributed by atoms with van der Waals surface area (Å²) in [4.78, 5) is 28.7. The predicted octanol–water partition coefficient (Wildman–Crippen LogP) is 2.53. The Labute approximate surface area is 242 Å². The molecule has 1 unspecified atom stereocenters. The molecule has 7 rings (SSSR count). The molecule has 1 amide bonds. The Hall–Kier alpha value is -3.71. The van der Waals surface area contributed by atoms with Crippen LogP contribution in [0.4, 0.5) is 0 Å². The maximum Gasteiger partial charge on any atom is 0.334 e. The van der Waals surface area contributed by atoms with E-state index in [0.717, 1.165) is 35.7 Å². The van der Waals surface area contributed by atoms with Crippen LogP contribution in [0.25, 0.3) is 0 Å². The number of nitrogens with zero attached hydrogens (tertiary/aromatic N) is 1. The van der Waals surface area contributed by atoms with E-state index in [0.29, 0.717) is 35.7 Å². The normalized spacial score (nSPS) is 29.8. The highest BCUT2D eigenvalue weighted by atomic mass is 32.2. The maximum absolute atomic E-state index is 14.1. The fourth-order valence-corrected chi connectivity index (χ4v) is 7.39. The van der Waals surface area contributed by atoms with Crippen LogP contribution in [-0.4, -0.2) is 62.9 Å². The summed E-state index contributed by atoms with van der Waals surface area (Å²) in [5.74, 6) is 1.32. The third-order valence-electron chi connectivity index (χ3n) is 8.87. The van der Waals surface area contributed by atoms with Gasteiger partial charge in [-0.15, -0.1) is 0 Å². The van der Waals surface area contributed by atoms with Gasteiger partial charge in [0.2, 0.25) is 25.5 Å². The number of benzene rings is 2. The molecule has 13 heteroatoms. The van der Waals surface area contributed by atoms with E-state index in [-0.39, 0.29) is 36.6 Å². The molecule has 1 radical (unpaired) electrons. The molecule has 3 saturated heterocycles. The lowest BCUT2D eigenvalue weighted by atomic mass is 9.76. The molecular formula is C28H28BN2O9S. The van der Waals surface area contributed by atoms with Crippen molar-refractivity contribution in [1.82, 2.24) is 10.2 Å². The van der Waals surface area contributed by atoms with Crippen molar-refractivity contribution in [2.45, 2.75) is 56.0 Å². The van der Waals surface area contributed by atoms with Gasteiger partial charge in [0.15, 0.2) is 34.6 Å². The van der Waals surface area contributed by atoms with E-state index in [4.69, 9.17) is 29.2 Å². The van der Waals surface area contributed by atoms with E-state index in [2.05, 4.69) is 11.9 Å². The number of ether oxygens (including phenoxy) is 5. The number of phenolic OH excluding ortho intramolecular Hbond substituents is 1. The molecule has 0 saturated carbocycles. The predicted molar refractivity (Wildman–Crippen MR) is 148 cm³/mol. The van der Waals surface area contributed by atoms with Gasteiger partial charge in [0.05, 0.1) is 19.2 Å². The zero-order chi connectivity index (χ0) is 29.6. The van der Waals surface area contributed by atoms with Crippen molar-refractivity contribution < 1.29 is 42.6 Å². The lowest BCUT2D eigenvalue weighted by Gasteiger charge is -2.52. The van der Waals surface area contributed by atoms with Crippen LogP contribution in [0.1, 0.15) is 48.1 Å². The van der Waals surface area contributed by atoms with Gasteiger partial charge in [0, 0.05) is 28.7 Å². The highest BCUT2D eigenvalue weighted by Gasteiger charge is 2.76. The van der Waals surface area contributed by atoms with Crippen LogP contribution < -0.4 is 28.4 Å². The number of fused-ring (bicyclic) bond motifs is 5. The van der Waals surface area contributed by atoms with Gasteiger partial charge >= 0.3 is 5.97 Å². The monoisotopic (exact) mass is 581 g/mol. The van der Waals surface area contributed by atoms with E-state index < -0.39 is 35.2 Å². The van der Waals surface area contributed by atoms with Gasteiger partial charge in [-0.1, -0.05) is 12.7 Å². The lowest BCUT2D eigenvalue weighted by Crippen LogP contribution is -2.70. The van der Waals surface area contributed by atoms with Crippen LogP contribution in [-0.2, 0) is 25.5 Å². The molecule has 41 heavy (non-hydrogen) atoms. The summed E-state index contributed by atoms with van der Waals surface area (Å²) >= 11 is 0.781. The minimum atomic E-state index is -1.01. The number of phenols is 1. The van der Waals surface area contributed by atoms with Crippen LogP contribution in [0.3, 0.4) is 0 Å². The van der Waals surface area contributed by atoms with Gasteiger partial charge in [-0.05, 0) is 51.2 Å².